The van der Waals surface area contributed by atoms with E-state index >= 15 is 0 Å². The molecule has 0 bridgehead atoms. The van der Waals surface area contributed by atoms with E-state index in [0.29, 0.717) is 47.3 Å². The minimum atomic E-state index is -0.327. The largest absolute Gasteiger partial charge is 0.353 e. The number of nitrogens with zero attached hydrogens (tertiary/aromatic N) is 1. The van der Waals surface area contributed by atoms with Crippen LogP contribution in [0.25, 0.3) is 0 Å². The second-order valence-electron chi connectivity index (χ2n) is 15.7. The second kappa shape index (κ2) is 10.5. The molecule has 4 saturated carbocycles. The summed E-state index contributed by atoms with van der Waals surface area (Å²) < 4.78 is 13.5. The maximum absolute atomic E-state index is 12.6. The summed E-state index contributed by atoms with van der Waals surface area (Å²) in [4.78, 5) is 26.7. The maximum Gasteiger partial charge on any atom is 0.230 e. The molecule has 2 saturated heterocycles. The van der Waals surface area contributed by atoms with E-state index in [9.17, 15) is 9.59 Å². The Labute approximate surface area is 242 Å². The first kappa shape index (κ1) is 28.9. The van der Waals surface area contributed by atoms with Gasteiger partial charge in [-0.25, -0.2) is 0 Å². The molecule has 7 nitrogen and oxygen atoms in total. The number of carbonyl (C=O) groups is 2. The molecule has 7 heteroatoms. The standard InChI is InChI=1S/C33H55N3O4/c1-20-9-14-33(39-18-20)21(2)30-27(40-33)16-26-24-8-7-22-15-23(35-29(38)17-28(37)34-19-36(5)6)10-12-31(22,3)25(24)11-13-32(26,30)4/h20-27,30H,7-19H2,1-6H3,(H,34,37)(H,35,38)/t20-,21+,22-,23-,24-,25+,26+,27+,30+,31+,32+,33-/m1/s1. The summed E-state index contributed by atoms with van der Waals surface area (Å²) in [6.07, 6.45) is 12.4. The van der Waals surface area contributed by atoms with Crippen molar-refractivity contribution in [2.75, 3.05) is 27.4 Å². The van der Waals surface area contributed by atoms with Crippen LogP contribution in [0.5, 0.6) is 0 Å². The summed E-state index contributed by atoms with van der Waals surface area (Å²) in [6, 6.07) is 0.201. The summed E-state index contributed by atoms with van der Waals surface area (Å²) in [6.45, 7) is 11.3. The fourth-order valence-corrected chi connectivity index (χ4v) is 11.1. The van der Waals surface area contributed by atoms with Gasteiger partial charge in [0.2, 0.25) is 11.8 Å². The number of hydrogen-bond donors (Lipinski definition) is 2. The Balaban J connectivity index is 1.08. The van der Waals surface area contributed by atoms with Gasteiger partial charge in [-0.3, -0.25) is 14.5 Å². The van der Waals surface area contributed by atoms with Crippen LogP contribution in [-0.4, -0.2) is 62.0 Å². The Hall–Kier alpha value is -1.18. The summed E-state index contributed by atoms with van der Waals surface area (Å²) in [7, 11) is 3.80. The molecule has 0 radical (unpaired) electrons. The molecule has 0 aromatic carbocycles. The lowest BCUT2D eigenvalue weighted by molar-refractivity contribution is -0.273. The van der Waals surface area contributed by atoms with Crippen molar-refractivity contribution in [3.63, 3.8) is 0 Å². The molecular formula is C33H55N3O4. The molecule has 2 heterocycles. The minimum absolute atomic E-state index is 0.0780. The highest BCUT2D eigenvalue weighted by Gasteiger charge is 2.69. The average Bonchev–Trinajstić information content (AvgIpc) is 3.34. The molecule has 6 aliphatic rings. The van der Waals surface area contributed by atoms with Crippen LogP contribution in [0.15, 0.2) is 0 Å². The first-order valence-electron chi connectivity index (χ1n) is 16.5. The van der Waals surface area contributed by atoms with Gasteiger partial charge in [0.05, 0.1) is 19.4 Å². The Kier molecular flexibility index (Phi) is 7.60. The lowest BCUT2D eigenvalue weighted by Gasteiger charge is -2.61. The van der Waals surface area contributed by atoms with E-state index < -0.39 is 0 Å². The highest BCUT2D eigenvalue weighted by atomic mass is 16.7. The van der Waals surface area contributed by atoms with E-state index in [4.69, 9.17) is 9.47 Å². The van der Waals surface area contributed by atoms with Crippen LogP contribution in [0.2, 0.25) is 0 Å². The predicted octanol–water partition coefficient (Wildman–Crippen LogP) is 4.94. The zero-order valence-corrected chi connectivity index (χ0v) is 26.0. The van der Waals surface area contributed by atoms with Gasteiger partial charge in [0.25, 0.3) is 0 Å². The van der Waals surface area contributed by atoms with Crippen LogP contribution in [-0.2, 0) is 19.1 Å². The van der Waals surface area contributed by atoms with E-state index in [1.165, 1.54) is 44.9 Å². The van der Waals surface area contributed by atoms with Gasteiger partial charge in [-0.2, -0.15) is 0 Å². The molecule has 0 unspecified atom stereocenters. The van der Waals surface area contributed by atoms with E-state index in [0.717, 1.165) is 43.6 Å². The molecule has 1 spiro atoms. The van der Waals surface area contributed by atoms with Crippen molar-refractivity contribution in [3.8, 4) is 0 Å². The van der Waals surface area contributed by atoms with Crippen molar-refractivity contribution in [3.05, 3.63) is 0 Å². The maximum atomic E-state index is 12.6. The Morgan fingerprint density at radius 2 is 1.68 bits per heavy atom. The first-order valence-corrected chi connectivity index (χ1v) is 16.5. The fraction of sp³-hybridized carbons (Fsp3) is 0.939. The number of rotatable bonds is 5. The van der Waals surface area contributed by atoms with E-state index in [-0.39, 0.29) is 30.1 Å². The van der Waals surface area contributed by atoms with Gasteiger partial charge in [0, 0.05) is 18.4 Å². The molecular weight excluding hydrogens is 502 g/mol. The lowest BCUT2D eigenvalue weighted by Crippen LogP contribution is -2.56. The molecule has 2 N–H and O–H groups in total. The molecule has 40 heavy (non-hydrogen) atoms. The van der Waals surface area contributed by atoms with Gasteiger partial charge < -0.3 is 20.1 Å². The van der Waals surface area contributed by atoms with Crippen molar-refractivity contribution < 1.29 is 19.1 Å². The number of amides is 2. The molecule has 226 valence electrons. The zero-order valence-electron chi connectivity index (χ0n) is 26.0. The quantitative estimate of drug-likeness (QED) is 0.370. The molecule has 6 fully saturated rings. The van der Waals surface area contributed by atoms with E-state index in [1.807, 2.05) is 19.0 Å². The topological polar surface area (TPSA) is 79.9 Å². The van der Waals surface area contributed by atoms with Crippen LogP contribution < -0.4 is 10.6 Å². The minimum Gasteiger partial charge on any atom is -0.353 e. The number of hydrogen-bond acceptors (Lipinski definition) is 5. The fourth-order valence-electron chi connectivity index (χ4n) is 11.1. The van der Waals surface area contributed by atoms with E-state index in [2.05, 4.69) is 38.3 Å². The monoisotopic (exact) mass is 557 g/mol. The van der Waals surface area contributed by atoms with E-state index in [1.54, 1.807) is 0 Å². The SMILES string of the molecule is C[C@@H]1CC[C@@]2(OC1)O[C@H]1C[C@H]3[C@@H]4CC[C@@H]5C[C@H](NC(=O)CC(=O)NCN(C)C)CC[C@]5(C)[C@H]4CC[C@]3(C)[C@H]1[C@@H]2C. The number of ether oxygens (including phenoxy) is 2. The highest BCUT2D eigenvalue weighted by molar-refractivity contribution is 5.96. The van der Waals surface area contributed by atoms with Crippen LogP contribution >= 0.6 is 0 Å². The Morgan fingerprint density at radius 3 is 2.40 bits per heavy atom. The van der Waals surface area contributed by atoms with Gasteiger partial charge in [0.1, 0.15) is 6.42 Å². The average molecular weight is 558 g/mol. The van der Waals surface area contributed by atoms with Crippen molar-refractivity contribution in [2.24, 2.45) is 52.3 Å². The van der Waals surface area contributed by atoms with Gasteiger partial charge in [-0.1, -0.05) is 27.7 Å². The third-order valence-corrected chi connectivity index (χ3v) is 13.2. The Morgan fingerprint density at radius 1 is 0.900 bits per heavy atom. The summed E-state index contributed by atoms with van der Waals surface area (Å²) in [5.74, 6) is 4.10. The van der Waals surface area contributed by atoms with Crippen molar-refractivity contribution in [2.45, 2.75) is 116 Å². The van der Waals surface area contributed by atoms with Crippen LogP contribution in [0.3, 0.4) is 0 Å². The predicted molar refractivity (Wildman–Crippen MR) is 155 cm³/mol. The Bertz CT molecular complexity index is 979. The molecule has 2 amide bonds. The van der Waals surface area contributed by atoms with Crippen molar-refractivity contribution >= 4 is 11.8 Å². The van der Waals surface area contributed by atoms with Gasteiger partial charge in [0.15, 0.2) is 5.79 Å². The summed E-state index contributed by atoms with van der Waals surface area (Å²) in [5.41, 5.74) is 0.727. The molecule has 12 atom stereocenters. The van der Waals surface area contributed by atoms with Crippen molar-refractivity contribution in [1.29, 1.82) is 0 Å². The highest BCUT2D eigenvalue weighted by Crippen LogP contribution is 2.71. The molecule has 6 rings (SSSR count). The van der Waals surface area contributed by atoms with Gasteiger partial charge in [-0.05, 0) is 118 Å². The number of carbonyl (C=O) groups excluding carboxylic acids is 2. The normalized spacial score (nSPS) is 49.6. The molecule has 0 aromatic rings. The van der Waals surface area contributed by atoms with Crippen LogP contribution in [0, 0.1) is 52.3 Å². The summed E-state index contributed by atoms with van der Waals surface area (Å²) >= 11 is 0. The summed E-state index contributed by atoms with van der Waals surface area (Å²) in [5, 5.41) is 6.02. The molecule has 0 aromatic heterocycles. The molecule has 2 aliphatic heterocycles. The third kappa shape index (κ3) is 4.74. The lowest BCUT2D eigenvalue weighted by atomic mass is 9.44. The smallest absolute Gasteiger partial charge is 0.230 e. The van der Waals surface area contributed by atoms with Crippen LogP contribution in [0.1, 0.15) is 98.3 Å². The second-order valence-corrected chi connectivity index (χ2v) is 15.7. The molecule has 4 aliphatic carbocycles. The number of fused-ring (bicyclic) bond motifs is 7. The van der Waals surface area contributed by atoms with Gasteiger partial charge in [-0.15, -0.1) is 0 Å². The zero-order chi connectivity index (χ0) is 28.4. The van der Waals surface area contributed by atoms with Crippen LogP contribution in [0.4, 0.5) is 0 Å². The third-order valence-electron chi connectivity index (χ3n) is 13.2. The number of nitrogens with one attached hydrogen (secondary N) is 2. The van der Waals surface area contributed by atoms with Crippen molar-refractivity contribution in [1.82, 2.24) is 15.5 Å². The first-order chi connectivity index (χ1) is 18.9. The van der Waals surface area contributed by atoms with Gasteiger partial charge >= 0.3 is 0 Å².